The third-order valence-corrected chi connectivity index (χ3v) is 1.42. The van der Waals surface area contributed by atoms with Gasteiger partial charge in [0.1, 0.15) is 0 Å². The lowest BCUT2D eigenvalue weighted by Gasteiger charge is -1.84. The summed E-state index contributed by atoms with van der Waals surface area (Å²) < 4.78 is 0. The normalized spacial score (nSPS) is 9.38. The van der Waals surface area contributed by atoms with Crippen LogP contribution in [0, 0.1) is 0 Å². The first-order valence-corrected chi connectivity index (χ1v) is 4.94. The van der Waals surface area contributed by atoms with E-state index in [4.69, 9.17) is 0 Å². The predicted octanol–water partition coefficient (Wildman–Crippen LogP) is 2.17. The van der Waals surface area contributed by atoms with Crippen LogP contribution in [0.4, 0.5) is 4.70 Å². The summed E-state index contributed by atoms with van der Waals surface area (Å²) in [7, 11) is -0.149. The van der Waals surface area contributed by atoms with Crippen molar-refractivity contribution in [2.45, 2.75) is 13.1 Å². The highest BCUT2D eigenvalue weighted by molar-refractivity contribution is 6.61. The van der Waals surface area contributed by atoms with Crippen LogP contribution >= 0.6 is 0 Å². The summed E-state index contributed by atoms with van der Waals surface area (Å²) in [5, 5.41) is 0. The molecule has 0 aromatic heterocycles. The van der Waals surface area contributed by atoms with Gasteiger partial charge in [-0.3, -0.25) is 4.70 Å². The van der Waals surface area contributed by atoms with Gasteiger partial charge in [0.2, 0.25) is 0 Å². The maximum absolute atomic E-state index is 3.56. The molecular weight excluding hydrogens is 119 g/mol. The second-order valence-electron chi connectivity index (χ2n) is 1.67. The van der Waals surface area contributed by atoms with Crippen LogP contribution in [0.2, 0.25) is 13.1 Å². The zero-order valence-electron chi connectivity index (χ0n) is 5.35. The molecule has 47 valence electrons. The third kappa shape index (κ3) is 9.16. The molecule has 0 aliphatic rings. The molecule has 0 aromatic rings. The number of hydrogen-bond donors (Lipinski definition) is 0. The van der Waals surface area contributed by atoms with Gasteiger partial charge in [0.05, 0.1) is 8.80 Å². The molecule has 0 amide bonds. The molecule has 0 fully saturated rings. The van der Waals surface area contributed by atoms with E-state index >= 15 is 0 Å². The van der Waals surface area contributed by atoms with Gasteiger partial charge in [-0.1, -0.05) is 37.5 Å². The van der Waals surface area contributed by atoms with Gasteiger partial charge in [-0.15, -0.1) is 0 Å². The van der Waals surface area contributed by atoms with Gasteiger partial charge < -0.3 is 0 Å². The Balaban J connectivity index is 0. The van der Waals surface area contributed by atoms with E-state index in [2.05, 4.69) is 25.4 Å². The van der Waals surface area contributed by atoms with Crippen LogP contribution < -0.4 is 0 Å². The zero-order chi connectivity index (χ0) is 5.70. The minimum atomic E-state index is -0.149. The van der Waals surface area contributed by atoms with Crippen molar-refractivity contribution in [1.29, 1.82) is 0 Å². The Morgan fingerprint density at radius 1 is 1.38 bits per heavy atom. The summed E-state index contributed by atoms with van der Waals surface area (Å²) in [5.74, 6) is 0. The fourth-order valence-electron chi connectivity index (χ4n) is 0.260. The molecule has 0 spiro atoms. The molecule has 0 atom stereocenters. The molecule has 0 saturated heterocycles. The number of rotatable bonds is 2. The third-order valence-electron chi connectivity index (χ3n) is 0.566. The highest BCUT2D eigenvalue weighted by Crippen LogP contribution is 1.80. The Morgan fingerprint density at radius 3 is 2.00 bits per heavy atom. The Hall–Kier alpha value is -0.373. The molecule has 0 aromatic carbocycles. The molecule has 0 bridgehead atoms. The van der Waals surface area contributed by atoms with E-state index in [0.29, 0.717) is 0 Å². The van der Waals surface area contributed by atoms with Crippen molar-refractivity contribution < 1.29 is 4.70 Å². The van der Waals surface area contributed by atoms with E-state index in [-0.39, 0.29) is 13.5 Å². The summed E-state index contributed by atoms with van der Waals surface area (Å²) in [6.45, 7) is 8.04. The first-order chi connectivity index (χ1) is 3.27. The monoisotopic (exact) mass is 131 g/mol. The molecule has 1 radical (unpaired) electrons. The first-order valence-electron chi connectivity index (χ1n) is 2.36. The van der Waals surface area contributed by atoms with Crippen molar-refractivity contribution in [2.75, 3.05) is 0 Å². The topological polar surface area (TPSA) is 0 Å². The van der Waals surface area contributed by atoms with E-state index in [1.807, 2.05) is 12.2 Å². The lowest BCUT2D eigenvalue weighted by Crippen LogP contribution is -1.90. The average molecular weight is 131 g/mol. The predicted molar refractivity (Wildman–Crippen MR) is 39.3 cm³/mol. The van der Waals surface area contributed by atoms with Gasteiger partial charge in [-0.2, -0.15) is 0 Å². The van der Waals surface area contributed by atoms with Crippen LogP contribution in [0.25, 0.3) is 0 Å². The van der Waals surface area contributed by atoms with E-state index in [9.17, 15) is 0 Å². The van der Waals surface area contributed by atoms with Gasteiger partial charge in [0.15, 0.2) is 0 Å². The fourth-order valence-corrected chi connectivity index (χ4v) is 0.781. The summed E-state index contributed by atoms with van der Waals surface area (Å²) in [6.07, 6.45) is 3.83. The summed E-state index contributed by atoms with van der Waals surface area (Å²) >= 11 is 0. The van der Waals surface area contributed by atoms with Crippen LogP contribution in [-0.4, -0.2) is 8.80 Å². The molecule has 0 aliphatic heterocycles. The zero-order valence-corrected chi connectivity index (χ0v) is 6.35. The van der Waals surface area contributed by atoms with Gasteiger partial charge >= 0.3 is 0 Å². The van der Waals surface area contributed by atoms with Gasteiger partial charge in [-0.25, -0.2) is 0 Å². The molecule has 8 heavy (non-hydrogen) atoms. The Morgan fingerprint density at radius 2 is 1.88 bits per heavy atom. The van der Waals surface area contributed by atoms with Crippen molar-refractivity contribution in [2.24, 2.45) is 0 Å². The largest absolute Gasteiger partial charge is 0.269 e. The smallest absolute Gasteiger partial charge is 0.0693 e. The lowest BCUT2D eigenvalue weighted by molar-refractivity contribution is 1.11. The molecular formula is C6H12FSi. The average Bonchev–Trinajstić information content (AvgIpc) is 1.61. The lowest BCUT2D eigenvalue weighted by atomic mass is 10.6. The standard InChI is InChI=1S/C6H11Si.FH/c1-4-5-6-7(2)3;/h4-6H,1H2,2-3H3;1H. The molecule has 0 nitrogen and oxygen atoms in total. The molecule has 0 aliphatic carbocycles. The van der Waals surface area contributed by atoms with Crippen molar-refractivity contribution in [3.63, 3.8) is 0 Å². The van der Waals surface area contributed by atoms with Crippen LogP contribution in [0.15, 0.2) is 24.4 Å². The molecule has 0 heterocycles. The van der Waals surface area contributed by atoms with E-state index in [0.717, 1.165) is 0 Å². The second-order valence-corrected chi connectivity index (χ2v) is 4.16. The van der Waals surface area contributed by atoms with Crippen molar-refractivity contribution >= 4 is 8.80 Å². The van der Waals surface area contributed by atoms with Crippen molar-refractivity contribution in [3.8, 4) is 0 Å². The fraction of sp³-hybridized carbons (Fsp3) is 0.333. The summed E-state index contributed by atoms with van der Waals surface area (Å²) in [5.41, 5.74) is 2.21. The van der Waals surface area contributed by atoms with Gasteiger partial charge in [0.25, 0.3) is 0 Å². The van der Waals surface area contributed by atoms with E-state index < -0.39 is 0 Å². The maximum atomic E-state index is 3.56. The molecule has 0 saturated carbocycles. The minimum Gasteiger partial charge on any atom is -0.269 e. The highest BCUT2D eigenvalue weighted by Gasteiger charge is 1.81. The second kappa shape index (κ2) is 6.63. The molecule has 0 N–H and O–H groups in total. The minimum absolute atomic E-state index is 0. The summed E-state index contributed by atoms with van der Waals surface area (Å²) in [6, 6.07) is 0. The van der Waals surface area contributed by atoms with Crippen molar-refractivity contribution in [1.82, 2.24) is 0 Å². The van der Waals surface area contributed by atoms with E-state index in [1.165, 1.54) is 0 Å². The molecule has 2 heteroatoms. The van der Waals surface area contributed by atoms with Crippen LogP contribution in [-0.2, 0) is 0 Å². The first kappa shape index (κ1) is 10.6. The highest BCUT2D eigenvalue weighted by atomic mass is 28.3. The molecule has 0 rings (SSSR count). The Bertz CT molecular complexity index is 76.6. The van der Waals surface area contributed by atoms with E-state index in [1.54, 1.807) is 0 Å². The SMILES string of the molecule is C=CC=C[Si](C)C.F. The molecule has 0 unspecified atom stereocenters. The van der Waals surface area contributed by atoms with Crippen LogP contribution in [0.3, 0.4) is 0 Å². The van der Waals surface area contributed by atoms with Crippen LogP contribution in [0.1, 0.15) is 0 Å². The van der Waals surface area contributed by atoms with Crippen molar-refractivity contribution in [3.05, 3.63) is 24.4 Å². The number of halogens is 1. The van der Waals surface area contributed by atoms with Gasteiger partial charge in [-0.05, 0) is 0 Å². The van der Waals surface area contributed by atoms with Crippen LogP contribution in [0.5, 0.6) is 0 Å². The quantitative estimate of drug-likeness (QED) is 0.398. The Labute approximate surface area is 51.9 Å². The number of hydrogen-bond acceptors (Lipinski definition) is 0. The maximum Gasteiger partial charge on any atom is 0.0693 e. The van der Waals surface area contributed by atoms with Gasteiger partial charge in [0, 0.05) is 0 Å². The Kier molecular flexibility index (Phi) is 8.76. The number of allylic oxidation sites excluding steroid dienone is 2. The summed E-state index contributed by atoms with van der Waals surface area (Å²) in [4.78, 5) is 0.